The van der Waals surface area contributed by atoms with E-state index in [1.165, 1.54) is 16.9 Å². The van der Waals surface area contributed by atoms with Gasteiger partial charge in [0.2, 0.25) is 5.91 Å². The highest BCUT2D eigenvalue weighted by molar-refractivity contribution is 7.15. The quantitative estimate of drug-likeness (QED) is 0.844. The van der Waals surface area contributed by atoms with E-state index in [4.69, 9.17) is 0 Å². The molecule has 1 aliphatic rings. The summed E-state index contributed by atoms with van der Waals surface area (Å²) in [6.07, 6.45) is 6.41. The van der Waals surface area contributed by atoms with Crippen molar-refractivity contribution in [3.05, 3.63) is 64.3 Å². The minimum atomic E-state index is -0.0248. The summed E-state index contributed by atoms with van der Waals surface area (Å²) in [6, 6.07) is 8.12. The Balaban J connectivity index is 1.72. The molecular weight excluding hydrogens is 330 g/mol. The molecule has 0 spiro atoms. The number of aryl methyl sites for hydroxylation is 1. The first-order valence-corrected chi connectivity index (χ1v) is 9.32. The minimum Gasteiger partial charge on any atom is -0.387 e. The van der Waals surface area contributed by atoms with Crippen LogP contribution in [-0.4, -0.2) is 17.4 Å². The Hall–Kier alpha value is -2.40. The Morgan fingerprint density at radius 2 is 2.16 bits per heavy atom. The van der Waals surface area contributed by atoms with E-state index in [0.717, 1.165) is 28.3 Å². The molecule has 1 amide bonds. The number of nitrogens with one attached hydrogen (secondary N) is 2. The van der Waals surface area contributed by atoms with Gasteiger partial charge in [-0.05, 0) is 36.2 Å². The van der Waals surface area contributed by atoms with Crippen molar-refractivity contribution in [2.24, 2.45) is 0 Å². The number of dihydropyridines is 1. The number of anilines is 1. The van der Waals surface area contributed by atoms with Crippen molar-refractivity contribution in [3.8, 4) is 0 Å². The van der Waals surface area contributed by atoms with Gasteiger partial charge in [-0.3, -0.25) is 4.79 Å². The van der Waals surface area contributed by atoms with Crippen molar-refractivity contribution < 1.29 is 4.79 Å². The number of carbonyl (C=O) groups is 1. The fraction of sp³-hybridized carbons (Fsp3) is 0.300. The van der Waals surface area contributed by atoms with Gasteiger partial charge in [0.25, 0.3) is 0 Å². The van der Waals surface area contributed by atoms with Crippen LogP contribution in [0.5, 0.6) is 0 Å². The zero-order valence-corrected chi connectivity index (χ0v) is 15.6. The second-order valence-corrected chi connectivity index (χ2v) is 7.61. The van der Waals surface area contributed by atoms with E-state index >= 15 is 0 Å². The van der Waals surface area contributed by atoms with E-state index in [1.807, 2.05) is 37.4 Å². The topological polar surface area (TPSA) is 54.0 Å². The maximum absolute atomic E-state index is 12.5. The lowest BCUT2D eigenvalue weighted by atomic mass is 9.95. The molecule has 0 radical (unpaired) electrons. The molecule has 2 heterocycles. The summed E-state index contributed by atoms with van der Waals surface area (Å²) in [5.74, 6) is 0.375. The first kappa shape index (κ1) is 17.4. The molecule has 5 heteroatoms. The van der Waals surface area contributed by atoms with Crippen LogP contribution in [0, 0.1) is 6.92 Å². The van der Waals surface area contributed by atoms with Gasteiger partial charge in [-0.15, -0.1) is 11.3 Å². The molecule has 1 aromatic heterocycles. The minimum absolute atomic E-state index is 0.0248. The van der Waals surface area contributed by atoms with Gasteiger partial charge < -0.3 is 10.6 Å². The molecule has 0 saturated heterocycles. The molecule has 2 N–H and O–H groups in total. The lowest BCUT2D eigenvalue weighted by Crippen LogP contribution is -2.15. The second kappa shape index (κ2) is 7.66. The zero-order valence-electron chi connectivity index (χ0n) is 14.8. The number of rotatable bonds is 5. The third-order valence-corrected chi connectivity index (χ3v) is 5.05. The van der Waals surface area contributed by atoms with Gasteiger partial charge in [0.15, 0.2) is 5.13 Å². The van der Waals surface area contributed by atoms with Gasteiger partial charge in [-0.25, -0.2) is 4.98 Å². The summed E-state index contributed by atoms with van der Waals surface area (Å²) < 4.78 is 0. The lowest BCUT2D eigenvalue weighted by molar-refractivity contribution is -0.115. The second-order valence-electron chi connectivity index (χ2n) is 6.40. The molecule has 2 aromatic rings. The van der Waals surface area contributed by atoms with Crippen LogP contribution in [0.15, 0.2) is 42.6 Å². The Morgan fingerprint density at radius 3 is 2.88 bits per heavy atom. The number of hydrogen-bond acceptors (Lipinski definition) is 4. The third-order valence-electron chi connectivity index (χ3n) is 4.17. The van der Waals surface area contributed by atoms with Crippen LogP contribution in [-0.2, 0) is 11.2 Å². The molecule has 4 nitrogen and oxygen atoms in total. The number of carbonyl (C=O) groups excluding carboxylic acids is 1. The molecular formula is C20H23N3OS. The summed E-state index contributed by atoms with van der Waals surface area (Å²) in [6.45, 7) is 7.13. The highest BCUT2D eigenvalue weighted by Gasteiger charge is 2.15. The third kappa shape index (κ3) is 4.17. The van der Waals surface area contributed by atoms with Crippen molar-refractivity contribution >= 4 is 27.9 Å². The Labute approximate surface area is 152 Å². The van der Waals surface area contributed by atoms with Crippen LogP contribution in [0.3, 0.4) is 0 Å². The van der Waals surface area contributed by atoms with Crippen LogP contribution in [0.2, 0.25) is 0 Å². The summed E-state index contributed by atoms with van der Waals surface area (Å²) >= 11 is 1.52. The van der Waals surface area contributed by atoms with Gasteiger partial charge in [0.1, 0.15) is 0 Å². The smallest absolute Gasteiger partial charge is 0.230 e. The number of aromatic nitrogens is 1. The van der Waals surface area contributed by atoms with Crippen molar-refractivity contribution in [1.82, 2.24) is 10.3 Å². The number of allylic oxidation sites excluding steroid dienone is 2. The fourth-order valence-corrected chi connectivity index (χ4v) is 3.79. The molecule has 0 unspecified atom stereocenters. The average molecular weight is 353 g/mol. The van der Waals surface area contributed by atoms with Gasteiger partial charge >= 0.3 is 0 Å². The number of benzene rings is 1. The van der Waals surface area contributed by atoms with E-state index in [-0.39, 0.29) is 5.91 Å². The number of amides is 1. The lowest BCUT2D eigenvalue weighted by Gasteiger charge is -2.12. The predicted molar refractivity (Wildman–Crippen MR) is 105 cm³/mol. The number of hydrogen-bond donors (Lipinski definition) is 2. The van der Waals surface area contributed by atoms with Crippen LogP contribution < -0.4 is 10.6 Å². The van der Waals surface area contributed by atoms with E-state index in [1.54, 1.807) is 0 Å². The van der Waals surface area contributed by atoms with E-state index in [0.29, 0.717) is 17.5 Å². The predicted octanol–water partition coefficient (Wildman–Crippen LogP) is 4.26. The fourth-order valence-electron chi connectivity index (χ4n) is 2.94. The summed E-state index contributed by atoms with van der Waals surface area (Å²) in [7, 11) is 0. The average Bonchev–Trinajstić information content (AvgIpc) is 2.96. The van der Waals surface area contributed by atoms with Crippen LogP contribution in [0.25, 0.3) is 5.57 Å². The molecule has 0 bridgehead atoms. The Kier molecular flexibility index (Phi) is 5.34. The highest BCUT2D eigenvalue weighted by Crippen LogP contribution is 2.29. The van der Waals surface area contributed by atoms with E-state index < -0.39 is 0 Å². The van der Waals surface area contributed by atoms with Crippen molar-refractivity contribution in [2.75, 3.05) is 11.9 Å². The van der Waals surface area contributed by atoms with Crippen LogP contribution >= 0.6 is 11.3 Å². The molecule has 1 aliphatic heterocycles. The number of nitrogens with zero attached hydrogens (tertiary/aromatic N) is 1. The molecule has 0 aliphatic carbocycles. The Bertz CT molecular complexity index is 833. The zero-order chi connectivity index (χ0) is 17.8. The molecule has 25 heavy (non-hydrogen) atoms. The highest BCUT2D eigenvalue weighted by atomic mass is 32.1. The molecule has 0 saturated carbocycles. The van der Waals surface area contributed by atoms with Gasteiger partial charge in [-0.1, -0.05) is 44.2 Å². The van der Waals surface area contributed by atoms with Crippen molar-refractivity contribution in [2.45, 2.75) is 33.1 Å². The molecule has 0 atom stereocenters. The molecule has 1 aromatic carbocycles. The first-order valence-electron chi connectivity index (χ1n) is 8.50. The summed E-state index contributed by atoms with van der Waals surface area (Å²) in [5, 5.41) is 6.75. The molecule has 0 fully saturated rings. The SMILES string of the molecule is Cc1sc(NC(=O)Cc2ccccc2C(C)C)nc1C1=CCNC=C1. The van der Waals surface area contributed by atoms with Gasteiger partial charge in [0, 0.05) is 17.0 Å². The van der Waals surface area contributed by atoms with E-state index in [9.17, 15) is 4.79 Å². The largest absolute Gasteiger partial charge is 0.387 e. The standard InChI is InChI=1S/C20H23N3OS/c1-13(2)17-7-5-4-6-16(17)12-18(24)22-20-23-19(14(3)25-20)15-8-10-21-11-9-15/h4-10,13,21H,11-12H2,1-3H3,(H,22,23,24). The first-order chi connectivity index (χ1) is 12.0. The number of thiazole rings is 1. The van der Waals surface area contributed by atoms with Crippen molar-refractivity contribution in [1.29, 1.82) is 0 Å². The van der Waals surface area contributed by atoms with Gasteiger partial charge in [-0.2, -0.15) is 0 Å². The van der Waals surface area contributed by atoms with Gasteiger partial charge in [0.05, 0.1) is 12.1 Å². The molecule has 130 valence electrons. The monoisotopic (exact) mass is 353 g/mol. The summed E-state index contributed by atoms with van der Waals surface area (Å²) in [5.41, 5.74) is 4.34. The maximum Gasteiger partial charge on any atom is 0.230 e. The molecule has 3 rings (SSSR count). The van der Waals surface area contributed by atoms with E-state index in [2.05, 4.69) is 41.6 Å². The Morgan fingerprint density at radius 1 is 1.36 bits per heavy atom. The van der Waals surface area contributed by atoms with Crippen LogP contribution in [0.1, 0.15) is 41.5 Å². The summed E-state index contributed by atoms with van der Waals surface area (Å²) in [4.78, 5) is 18.2. The maximum atomic E-state index is 12.5. The normalized spacial score (nSPS) is 13.5. The van der Waals surface area contributed by atoms with Crippen LogP contribution in [0.4, 0.5) is 5.13 Å². The van der Waals surface area contributed by atoms with Crippen molar-refractivity contribution in [3.63, 3.8) is 0 Å².